The van der Waals surface area contributed by atoms with Crippen molar-refractivity contribution < 1.29 is 27.8 Å². The lowest BCUT2D eigenvalue weighted by Crippen LogP contribution is -2.13. The molecule has 0 amide bonds. The van der Waals surface area contributed by atoms with Gasteiger partial charge in [-0.1, -0.05) is 18.2 Å². The summed E-state index contributed by atoms with van der Waals surface area (Å²) in [5.41, 5.74) is 3.11. The predicted octanol–water partition coefficient (Wildman–Crippen LogP) is 4.33. The van der Waals surface area contributed by atoms with E-state index in [0.717, 1.165) is 6.26 Å². The number of carbonyl (C=O) groups is 1. The molecule has 1 atom stereocenters. The lowest BCUT2D eigenvalue weighted by Gasteiger charge is -2.15. The Morgan fingerprint density at radius 2 is 1.78 bits per heavy atom. The molecule has 0 aliphatic carbocycles. The van der Waals surface area contributed by atoms with Gasteiger partial charge in [-0.05, 0) is 73.7 Å². The number of hydrogen-bond donors (Lipinski definition) is 2. The van der Waals surface area contributed by atoms with Gasteiger partial charge in [-0.2, -0.15) is 0 Å². The predicted molar refractivity (Wildman–Crippen MR) is 120 cm³/mol. The first-order chi connectivity index (χ1) is 15.1. The molecule has 1 unspecified atom stereocenters. The molecule has 170 valence electrons. The van der Waals surface area contributed by atoms with Crippen LogP contribution in [0.25, 0.3) is 16.9 Å². The van der Waals surface area contributed by atoms with Crippen molar-refractivity contribution in [1.82, 2.24) is 4.57 Å². The Balaban J connectivity index is 2.19. The van der Waals surface area contributed by atoms with Crippen LogP contribution in [0.4, 0.5) is 4.39 Å². The molecular weight excluding hydrogens is 433 g/mol. The maximum absolute atomic E-state index is 14.0. The van der Waals surface area contributed by atoms with Crippen molar-refractivity contribution in [3.63, 3.8) is 0 Å². The van der Waals surface area contributed by atoms with E-state index in [1.807, 2.05) is 0 Å². The van der Waals surface area contributed by atoms with E-state index in [9.17, 15) is 22.7 Å². The topological polar surface area (TPSA) is 96.6 Å². The monoisotopic (exact) mass is 459 g/mol. The minimum Gasteiger partial charge on any atom is -0.481 e. The number of sulfone groups is 1. The van der Waals surface area contributed by atoms with Gasteiger partial charge in [-0.15, -0.1) is 0 Å². The molecule has 6 nitrogen and oxygen atoms in total. The van der Waals surface area contributed by atoms with Crippen LogP contribution in [0.1, 0.15) is 36.4 Å². The highest BCUT2D eigenvalue weighted by molar-refractivity contribution is 7.90. The van der Waals surface area contributed by atoms with Crippen LogP contribution in [0.5, 0.6) is 0 Å². The van der Waals surface area contributed by atoms with E-state index < -0.39 is 27.5 Å². The number of rotatable bonds is 9. The minimum absolute atomic E-state index is 0.00639. The second-order valence-electron chi connectivity index (χ2n) is 7.79. The van der Waals surface area contributed by atoms with E-state index in [4.69, 9.17) is 5.11 Å². The number of aliphatic hydroxyl groups is 1. The molecular formula is C24H26FNO5S. The average Bonchev–Trinajstić information content (AvgIpc) is 3.07. The maximum Gasteiger partial charge on any atom is 0.311 e. The van der Waals surface area contributed by atoms with Crippen molar-refractivity contribution in [2.24, 2.45) is 0 Å². The van der Waals surface area contributed by atoms with E-state index >= 15 is 0 Å². The van der Waals surface area contributed by atoms with Crippen molar-refractivity contribution in [3.8, 4) is 16.9 Å². The molecule has 1 heterocycles. The highest BCUT2D eigenvalue weighted by Crippen LogP contribution is 2.35. The molecule has 0 aliphatic heterocycles. The molecule has 0 saturated carbocycles. The summed E-state index contributed by atoms with van der Waals surface area (Å²) in [5.74, 6) is -2.18. The Bertz CT molecular complexity index is 1220. The Kier molecular flexibility index (Phi) is 7.16. The molecule has 32 heavy (non-hydrogen) atoms. The molecule has 0 saturated heterocycles. The van der Waals surface area contributed by atoms with Gasteiger partial charge in [-0.3, -0.25) is 4.79 Å². The van der Waals surface area contributed by atoms with E-state index in [0.29, 0.717) is 47.5 Å². The minimum atomic E-state index is -3.36. The van der Waals surface area contributed by atoms with E-state index in [-0.39, 0.29) is 11.5 Å². The third-order valence-corrected chi connectivity index (χ3v) is 6.63. The Labute approximate surface area is 186 Å². The summed E-state index contributed by atoms with van der Waals surface area (Å²) >= 11 is 0. The highest BCUT2D eigenvalue weighted by atomic mass is 32.2. The second kappa shape index (κ2) is 9.67. The maximum atomic E-state index is 14.0. The third-order valence-electron chi connectivity index (χ3n) is 5.51. The summed E-state index contributed by atoms with van der Waals surface area (Å²) < 4.78 is 39.4. The zero-order valence-electron chi connectivity index (χ0n) is 18.0. The number of carboxylic acid groups (broad SMARTS) is 1. The second-order valence-corrected chi connectivity index (χ2v) is 9.81. The van der Waals surface area contributed by atoms with Crippen LogP contribution in [0.2, 0.25) is 0 Å². The molecule has 3 rings (SSSR count). The van der Waals surface area contributed by atoms with E-state index in [1.165, 1.54) is 24.3 Å². The molecule has 1 aromatic heterocycles. The standard InChI is InChI=1S/C24H26FNO5S/c1-16-22(21(24(28)29)8-3-4-13-27)15-23(26(16)19-7-5-6-18(25)14-19)17-9-11-20(12-10-17)32(2,30)31/h5-7,9-12,14-15,21,27H,3-4,8,13H2,1-2H3,(H,28,29). The Morgan fingerprint density at radius 3 is 2.34 bits per heavy atom. The first kappa shape index (κ1) is 23.7. The number of benzene rings is 2. The van der Waals surface area contributed by atoms with Crippen LogP contribution in [0.15, 0.2) is 59.5 Å². The number of carboxylic acids is 1. The summed E-state index contributed by atoms with van der Waals surface area (Å²) in [4.78, 5) is 12.2. The summed E-state index contributed by atoms with van der Waals surface area (Å²) in [6.07, 6.45) is 2.55. The van der Waals surface area contributed by atoms with Crippen LogP contribution >= 0.6 is 0 Å². The summed E-state index contributed by atoms with van der Waals surface area (Å²) in [5, 5.41) is 18.9. The fraction of sp³-hybridized carbons (Fsp3) is 0.292. The molecule has 0 radical (unpaired) electrons. The van der Waals surface area contributed by atoms with Gasteiger partial charge in [0.25, 0.3) is 0 Å². The Morgan fingerprint density at radius 1 is 1.09 bits per heavy atom. The van der Waals surface area contributed by atoms with Crippen LogP contribution in [0.3, 0.4) is 0 Å². The SMILES string of the molecule is Cc1c(C(CCCCO)C(=O)O)cc(-c2ccc(S(C)(=O)=O)cc2)n1-c1cccc(F)c1. The zero-order valence-corrected chi connectivity index (χ0v) is 18.8. The van der Waals surface area contributed by atoms with E-state index in [1.54, 1.807) is 41.8 Å². The van der Waals surface area contributed by atoms with Crippen molar-refractivity contribution >= 4 is 15.8 Å². The van der Waals surface area contributed by atoms with Gasteiger partial charge >= 0.3 is 5.97 Å². The molecule has 0 aliphatic rings. The summed E-state index contributed by atoms with van der Waals surface area (Å²) in [7, 11) is -3.36. The van der Waals surface area contributed by atoms with Gasteiger partial charge in [0, 0.05) is 24.2 Å². The highest BCUT2D eigenvalue weighted by Gasteiger charge is 2.26. The lowest BCUT2D eigenvalue weighted by molar-refractivity contribution is -0.139. The number of aliphatic hydroxyl groups excluding tert-OH is 1. The van der Waals surface area contributed by atoms with E-state index in [2.05, 4.69) is 0 Å². The molecule has 0 fully saturated rings. The fourth-order valence-electron chi connectivity index (χ4n) is 3.88. The van der Waals surface area contributed by atoms with Crippen molar-refractivity contribution in [3.05, 3.63) is 71.7 Å². The summed E-state index contributed by atoms with van der Waals surface area (Å²) in [6.45, 7) is 1.78. The average molecular weight is 460 g/mol. The van der Waals surface area contributed by atoms with Crippen molar-refractivity contribution in [1.29, 1.82) is 0 Å². The zero-order chi connectivity index (χ0) is 23.5. The molecule has 8 heteroatoms. The van der Waals surface area contributed by atoms with Gasteiger partial charge < -0.3 is 14.8 Å². The van der Waals surface area contributed by atoms with Crippen LogP contribution in [-0.2, 0) is 14.6 Å². The van der Waals surface area contributed by atoms with Crippen molar-refractivity contribution in [2.75, 3.05) is 12.9 Å². The Hall–Kier alpha value is -2.97. The largest absolute Gasteiger partial charge is 0.481 e. The summed E-state index contributed by atoms with van der Waals surface area (Å²) in [6, 6.07) is 14.1. The number of halogens is 1. The number of nitrogens with zero attached hydrogens (tertiary/aromatic N) is 1. The fourth-order valence-corrected chi connectivity index (χ4v) is 4.51. The van der Waals surface area contributed by atoms with Crippen molar-refractivity contribution in [2.45, 2.75) is 37.0 Å². The van der Waals surface area contributed by atoms with Gasteiger partial charge in [-0.25, -0.2) is 12.8 Å². The van der Waals surface area contributed by atoms with Gasteiger partial charge in [0.1, 0.15) is 5.82 Å². The number of aliphatic carboxylic acids is 1. The number of unbranched alkanes of at least 4 members (excludes halogenated alkanes) is 1. The molecule has 2 aromatic carbocycles. The lowest BCUT2D eigenvalue weighted by atomic mass is 9.93. The van der Waals surface area contributed by atoms with Gasteiger partial charge in [0.05, 0.1) is 16.5 Å². The van der Waals surface area contributed by atoms with Gasteiger partial charge in [0.2, 0.25) is 0 Å². The molecule has 3 aromatic rings. The van der Waals surface area contributed by atoms with Crippen LogP contribution in [0, 0.1) is 12.7 Å². The number of hydrogen-bond acceptors (Lipinski definition) is 4. The third kappa shape index (κ3) is 5.08. The van der Waals surface area contributed by atoms with Crippen LogP contribution < -0.4 is 0 Å². The normalized spacial score (nSPS) is 12.6. The smallest absolute Gasteiger partial charge is 0.311 e. The molecule has 0 bridgehead atoms. The van der Waals surface area contributed by atoms with Gasteiger partial charge in [0.15, 0.2) is 9.84 Å². The first-order valence-electron chi connectivity index (χ1n) is 10.3. The molecule has 0 spiro atoms. The number of aromatic nitrogens is 1. The van der Waals surface area contributed by atoms with Crippen LogP contribution in [-0.4, -0.2) is 42.0 Å². The quantitative estimate of drug-likeness (QED) is 0.465. The molecule has 2 N–H and O–H groups in total. The first-order valence-corrected chi connectivity index (χ1v) is 12.1.